The second-order valence-corrected chi connectivity index (χ2v) is 8.90. The van der Waals surface area contributed by atoms with Crippen LogP contribution in [0.25, 0.3) is 11.0 Å². The number of carbonyl (C=O) groups excluding carboxylic acids is 1. The van der Waals surface area contributed by atoms with Crippen LogP contribution in [-0.4, -0.2) is 60.0 Å². The third kappa shape index (κ3) is 4.04. The van der Waals surface area contributed by atoms with Crippen molar-refractivity contribution in [2.24, 2.45) is 0 Å². The monoisotopic (exact) mass is 418 g/mol. The van der Waals surface area contributed by atoms with Crippen LogP contribution in [0.15, 0.2) is 28.7 Å². The quantitative estimate of drug-likeness (QED) is 0.722. The molecule has 0 unspecified atom stereocenters. The SMILES string of the molecule is O=C(c1cc2cc(OC3CCN(C4CCC4)CC3)ccc2o1)N1CCC(F)(F)CC1. The molecule has 1 aromatic heterocycles. The normalized spacial score (nSPS) is 23.5. The molecule has 5 nitrogen and oxygen atoms in total. The van der Waals surface area contributed by atoms with Gasteiger partial charge in [-0.05, 0) is 49.9 Å². The van der Waals surface area contributed by atoms with Crippen LogP contribution in [-0.2, 0) is 0 Å². The Morgan fingerprint density at radius 1 is 1.03 bits per heavy atom. The lowest BCUT2D eigenvalue weighted by Gasteiger charge is -2.41. The van der Waals surface area contributed by atoms with Crippen LogP contribution in [0.2, 0.25) is 0 Å². The molecule has 1 aromatic carbocycles. The van der Waals surface area contributed by atoms with Gasteiger partial charge in [0, 0.05) is 50.4 Å². The third-order valence-corrected chi connectivity index (χ3v) is 6.85. The van der Waals surface area contributed by atoms with E-state index < -0.39 is 5.92 Å². The Labute approximate surface area is 174 Å². The van der Waals surface area contributed by atoms with Crippen molar-refractivity contribution in [1.82, 2.24) is 9.80 Å². The zero-order chi connectivity index (χ0) is 20.7. The van der Waals surface area contributed by atoms with Crippen molar-refractivity contribution in [2.45, 2.75) is 63.0 Å². The standard InChI is InChI=1S/C23H28F2N2O3/c24-23(25)8-12-27(13-9-23)22(28)21-15-16-14-19(4-5-20(16)30-21)29-18-6-10-26(11-7-18)17-2-1-3-17/h4-5,14-15,17-18H,1-3,6-13H2. The van der Waals surface area contributed by atoms with Gasteiger partial charge in [0.05, 0.1) is 0 Å². The predicted molar refractivity (Wildman–Crippen MR) is 109 cm³/mol. The second-order valence-electron chi connectivity index (χ2n) is 8.90. The summed E-state index contributed by atoms with van der Waals surface area (Å²) >= 11 is 0. The summed E-state index contributed by atoms with van der Waals surface area (Å²) in [6.45, 7) is 2.29. The summed E-state index contributed by atoms with van der Waals surface area (Å²) in [5, 5.41) is 0.796. The van der Waals surface area contributed by atoms with Crippen molar-refractivity contribution < 1.29 is 22.7 Å². The van der Waals surface area contributed by atoms with Crippen LogP contribution in [0, 0.1) is 0 Å². The number of hydrogen-bond donors (Lipinski definition) is 0. The Hall–Kier alpha value is -2.15. The summed E-state index contributed by atoms with van der Waals surface area (Å²) in [4.78, 5) is 16.7. The molecule has 3 fully saturated rings. The molecular weight excluding hydrogens is 390 g/mol. The summed E-state index contributed by atoms with van der Waals surface area (Å²) in [5.74, 6) is -2.03. The lowest BCUT2D eigenvalue weighted by atomic mass is 9.90. The zero-order valence-corrected chi connectivity index (χ0v) is 17.1. The number of hydrogen-bond acceptors (Lipinski definition) is 4. The molecule has 2 aliphatic heterocycles. The first-order valence-corrected chi connectivity index (χ1v) is 11.1. The van der Waals surface area contributed by atoms with E-state index in [-0.39, 0.29) is 43.7 Å². The summed E-state index contributed by atoms with van der Waals surface area (Å²) in [6.07, 6.45) is 5.72. The number of fused-ring (bicyclic) bond motifs is 1. The molecule has 1 saturated carbocycles. The highest BCUT2D eigenvalue weighted by molar-refractivity contribution is 5.96. The van der Waals surface area contributed by atoms with Gasteiger partial charge in [-0.2, -0.15) is 0 Å². The number of ether oxygens (including phenoxy) is 1. The van der Waals surface area contributed by atoms with Crippen molar-refractivity contribution in [3.8, 4) is 5.75 Å². The summed E-state index contributed by atoms with van der Waals surface area (Å²) in [5.41, 5.74) is 0.604. The average Bonchev–Trinajstić information content (AvgIpc) is 3.11. The minimum atomic E-state index is -2.68. The van der Waals surface area contributed by atoms with Gasteiger partial charge in [-0.1, -0.05) is 6.42 Å². The Morgan fingerprint density at radius 2 is 1.77 bits per heavy atom. The molecule has 3 aliphatic rings. The molecule has 5 rings (SSSR count). The lowest BCUT2D eigenvalue weighted by molar-refractivity contribution is -0.0498. The fourth-order valence-electron chi connectivity index (χ4n) is 4.70. The lowest BCUT2D eigenvalue weighted by Crippen LogP contribution is -2.46. The molecule has 0 radical (unpaired) electrons. The summed E-state index contributed by atoms with van der Waals surface area (Å²) < 4.78 is 38.6. The van der Waals surface area contributed by atoms with Crippen LogP contribution in [0.5, 0.6) is 5.75 Å². The molecule has 162 valence electrons. The van der Waals surface area contributed by atoms with E-state index in [0.29, 0.717) is 5.58 Å². The summed E-state index contributed by atoms with van der Waals surface area (Å²) in [6, 6.07) is 8.07. The van der Waals surface area contributed by atoms with Gasteiger partial charge in [0.25, 0.3) is 11.8 Å². The zero-order valence-electron chi connectivity index (χ0n) is 17.1. The number of amides is 1. The van der Waals surface area contributed by atoms with Gasteiger partial charge >= 0.3 is 0 Å². The van der Waals surface area contributed by atoms with Crippen LogP contribution in [0.4, 0.5) is 8.78 Å². The fraction of sp³-hybridized carbons (Fsp3) is 0.609. The minimum Gasteiger partial charge on any atom is -0.490 e. The van der Waals surface area contributed by atoms with Crippen LogP contribution in [0.3, 0.4) is 0 Å². The molecule has 2 saturated heterocycles. The predicted octanol–water partition coefficient (Wildman–Crippen LogP) is 4.70. The van der Waals surface area contributed by atoms with E-state index in [9.17, 15) is 13.6 Å². The number of halogens is 2. The Morgan fingerprint density at radius 3 is 2.43 bits per heavy atom. The van der Waals surface area contributed by atoms with E-state index in [0.717, 1.165) is 43.1 Å². The van der Waals surface area contributed by atoms with Gasteiger partial charge in [0.1, 0.15) is 17.4 Å². The van der Waals surface area contributed by atoms with Gasteiger partial charge < -0.3 is 19.0 Å². The molecule has 0 spiro atoms. The summed E-state index contributed by atoms with van der Waals surface area (Å²) in [7, 11) is 0. The van der Waals surface area contributed by atoms with Crippen molar-refractivity contribution in [3.05, 3.63) is 30.0 Å². The Bertz CT molecular complexity index is 906. The van der Waals surface area contributed by atoms with Gasteiger partial charge in [-0.15, -0.1) is 0 Å². The van der Waals surface area contributed by atoms with Gasteiger partial charge in [-0.3, -0.25) is 4.79 Å². The van der Waals surface area contributed by atoms with Crippen molar-refractivity contribution >= 4 is 16.9 Å². The smallest absolute Gasteiger partial charge is 0.289 e. The molecule has 1 amide bonds. The van der Waals surface area contributed by atoms with Crippen molar-refractivity contribution in [2.75, 3.05) is 26.2 Å². The number of benzene rings is 1. The van der Waals surface area contributed by atoms with E-state index in [1.165, 1.54) is 24.2 Å². The molecule has 3 heterocycles. The van der Waals surface area contributed by atoms with E-state index in [4.69, 9.17) is 9.15 Å². The fourth-order valence-corrected chi connectivity index (χ4v) is 4.70. The topological polar surface area (TPSA) is 45.9 Å². The largest absolute Gasteiger partial charge is 0.490 e. The van der Waals surface area contributed by atoms with E-state index in [1.807, 2.05) is 18.2 Å². The van der Waals surface area contributed by atoms with Crippen molar-refractivity contribution in [1.29, 1.82) is 0 Å². The third-order valence-electron chi connectivity index (χ3n) is 6.85. The first-order valence-electron chi connectivity index (χ1n) is 11.1. The second kappa shape index (κ2) is 7.84. The number of nitrogens with zero attached hydrogens (tertiary/aromatic N) is 2. The van der Waals surface area contributed by atoms with Crippen molar-refractivity contribution in [3.63, 3.8) is 0 Å². The number of likely N-dealkylation sites (tertiary alicyclic amines) is 2. The Balaban J connectivity index is 1.21. The molecular formula is C23H28F2N2O3. The highest BCUT2D eigenvalue weighted by Gasteiger charge is 2.36. The minimum absolute atomic E-state index is 0.0524. The Kier molecular flexibility index (Phi) is 5.17. The van der Waals surface area contributed by atoms with Gasteiger partial charge in [-0.25, -0.2) is 8.78 Å². The van der Waals surface area contributed by atoms with Gasteiger partial charge in [0.2, 0.25) is 0 Å². The molecule has 0 atom stereocenters. The highest BCUT2D eigenvalue weighted by Crippen LogP contribution is 2.32. The maximum Gasteiger partial charge on any atom is 0.289 e. The molecule has 7 heteroatoms. The van der Waals surface area contributed by atoms with E-state index >= 15 is 0 Å². The first-order chi connectivity index (χ1) is 14.5. The van der Waals surface area contributed by atoms with Crippen LogP contribution >= 0.6 is 0 Å². The number of rotatable bonds is 4. The number of furan rings is 1. The average molecular weight is 418 g/mol. The molecule has 1 aliphatic carbocycles. The maximum atomic E-state index is 13.4. The van der Waals surface area contributed by atoms with Crippen LogP contribution in [0.1, 0.15) is 55.5 Å². The first kappa shape index (κ1) is 19.8. The number of piperidine rings is 2. The molecule has 2 aromatic rings. The van der Waals surface area contributed by atoms with Gasteiger partial charge in [0.15, 0.2) is 5.76 Å². The molecule has 0 bridgehead atoms. The number of carbonyl (C=O) groups is 1. The van der Waals surface area contributed by atoms with E-state index in [2.05, 4.69) is 4.90 Å². The number of alkyl halides is 2. The molecule has 30 heavy (non-hydrogen) atoms. The highest BCUT2D eigenvalue weighted by atomic mass is 19.3. The van der Waals surface area contributed by atoms with Crippen LogP contribution < -0.4 is 4.74 Å². The molecule has 0 N–H and O–H groups in total. The van der Waals surface area contributed by atoms with E-state index in [1.54, 1.807) is 6.07 Å². The maximum absolute atomic E-state index is 13.4.